The molecule has 5 rings (SSSR count). The van der Waals surface area contributed by atoms with Crippen molar-refractivity contribution in [3.63, 3.8) is 0 Å². The van der Waals surface area contributed by atoms with E-state index >= 15 is 0 Å². The van der Waals surface area contributed by atoms with Crippen LogP contribution >= 0.6 is 11.8 Å². The van der Waals surface area contributed by atoms with Crippen molar-refractivity contribution in [1.29, 1.82) is 0 Å². The standard InChI is InChI=1S/C26H30F2N6O4S.C2H6/c1-14-25(36)34(8-9-38-14)21-11-16(17-10-19(23(27)28)33(2)13-20(17)37-3)18(12-29-21)24(35)30-26-32-31-22(39-26)7-6-15-4-5-15;1-2/h10-15,19,22-23,26,31-32H,4-5,8-9H2,1-3H3,(H,30,35);1-2H3/t14-,19?,22?,26?;/m0./s1. The Balaban J connectivity index is 0.00000189. The third kappa shape index (κ3) is 7.19. The number of amides is 2. The summed E-state index contributed by atoms with van der Waals surface area (Å²) in [4.78, 5) is 33.5. The minimum Gasteiger partial charge on any atom is -0.495 e. The van der Waals surface area contributed by atoms with E-state index in [1.54, 1.807) is 13.0 Å². The number of alkyl halides is 2. The van der Waals surface area contributed by atoms with Crippen LogP contribution in [0.5, 0.6) is 0 Å². The van der Waals surface area contributed by atoms with Crippen LogP contribution in [0.15, 0.2) is 30.3 Å². The number of rotatable bonds is 6. The molecule has 2 amide bonds. The van der Waals surface area contributed by atoms with Crippen LogP contribution < -0.4 is 21.1 Å². The van der Waals surface area contributed by atoms with Gasteiger partial charge in [-0.3, -0.25) is 14.5 Å². The minimum absolute atomic E-state index is 0.147. The number of allylic oxidation sites excluding steroid dienone is 1. The molecule has 3 unspecified atom stereocenters. The summed E-state index contributed by atoms with van der Waals surface area (Å²) in [5.74, 6) is 6.64. The highest BCUT2D eigenvalue weighted by Gasteiger charge is 2.33. The molecule has 1 aromatic heterocycles. The Morgan fingerprint density at radius 1 is 1.29 bits per heavy atom. The number of pyridine rings is 1. The molecular weight excluding hydrogens is 554 g/mol. The number of halogens is 2. The summed E-state index contributed by atoms with van der Waals surface area (Å²) in [7, 11) is 2.96. The summed E-state index contributed by atoms with van der Waals surface area (Å²) < 4.78 is 38.7. The van der Waals surface area contributed by atoms with Gasteiger partial charge in [0, 0.05) is 36.5 Å². The van der Waals surface area contributed by atoms with Crippen molar-refractivity contribution in [2.45, 2.75) is 63.1 Å². The second-order valence-electron chi connectivity index (χ2n) is 9.58. The average Bonchev–Trinajstić information content (AvgIpc) is 3.70. The summed E-state index contributed by atoms with van der Waals surface area (Å²) in [6, 6.07) is 0.327. The number of morpholine rings is 1. The van der Waals surface area contributed by atoms with Crippen LogP contribution in [0.1, 0.15) is 49.5 Å². The lowest BCUT2D eigenvalue weighted by Gasteiger charge is -2.32. The number of hydrogen-bond donors (Lipinski definition) is 3. The van der Waals surface area contributed by atoms with Crippen LogP contribution in [0, 0.1) is 17.8 Å². The molecule has 4 atom stereocenters. The maximum atomic E-state index is 13.9. The Bertz CT molecular complexity index is 1260. The van der Waals surface area contributed by atoms with E-state index in [2.05, 4.69) is 33.0 Å². The lowest BCUT2D eigenvalue weighted by molar-refractivity contribution is -0.132. The van der Waals surface area contributed by atoms with E-state index < -0.39 is 30.0 Å². The van der Waals surface area contributed by atoms with E-state index in [1.165, 1.54) is 54.2 Å². The quantitative estimate of drug-likeness (QED) is 0.431. The maximum Gasteiger partial charge on any atom is 0.262 e. The van der Waals surface area contributed by atoms with Gasteiger partial charge in [0.1, 0.15) is 34.6 Å². The molecule has 41 heavy (non-hydrogen) atoms. The van der Waals surface area contributed by atoms with Crippen LogP contribution in [0.3, 0.4) is 0 Å². The number of hydrogen-bond acceptors (Lipinski definition) is 9. The number of carbonyl (C=O) groups excluding carboxylic acids is 2. The Morgan fingerprint density at radius 2 is 2.05 bits per heavy atom. The molecule has 0 spiro atoms. The fourth-order valence-electron chi connectivity index (χ4n) is 4.41. The highest BCUT2D eigenvalue weighted by atomic mass is 32.2. The molecule has 3 fully saturated rings. The fourth-order valence-corrected chi connectivity index (χ4v) is 5.26. The van der Waals surface area contributed by atoms with E-state index in [4.69, 9.17) is 9.47 Å². The number of anilines is 1. The predicted octanol–water partition coefficient (Wildman–Crippen LogP) is 2.90. The van der Waals surface area contributed by atoms with Crippen LogP contribution in [-0.4, -0.2) is 78.5 Å². The molecule has 10 nitrogen and oxygen atoms in total. The molecule has 13 heteroatoms. The highest BCUT2D eigenvalue weighted by Crippen LogP contribution is 2.35. The number of hydrazine groups is 1. The Kier molecular flexibility index (Phi) is 10.2. The first kappa shape index (κ1) is 30.8. The first-order valence-electron chi connectivity index (χ1n) is 13.6. The lowest BCUT2D eigenvalue weighted by Crippen LogP contribution is -2.47. The SMILES string of the molecule is CC.COC1=CN(C)C(C(F)F)C=C1c1cc(N2CCO[C@@H](C)C2=O)ncc1C(=O)NC1NNC(C#CC2CC2)S1. The van der Waals surface area contributed by atoms with Crippen LogP contribution in [0.2, 0.25) is 0 Å². The molecule has 4 heterocycles. The molecule has 0 radical (unpaired) electrons. The molecule has 2 saturated heterocycles. The van der Waals surface area contributed by atoms with Gasteiger partial charge in [0.05, 0.1) is 25.8 Å². The lowest BCUT2D eigenvalue weighted by atomic mass is 9.95. The van der Waals surface area contributed by atoms with Crippen molar-refractivity contribution in [3.8, 4) is 11.8 Å². The van der Waals surface area contributed by atoms with Gasteiger partial charge >= 0.3 is 0 Å². The molecular formula is C28H36F2N6O4S. The third-order valence-electron chi connectivity index (χ3n) is 6.75. The molecule has 4 aliphatic rings. The molecule has 222 valence electrons. The van der Waals surface area contributed by atoms with Crippen molar-refractivity contribution >= 4 is 35.0 Å². The van der Waals surface area contributed by atoms with Gasteiger partial charge in [-0.15, -0.1) is 0 Å². The monoisotopic (exact) mass is 590 g/mol. The zero-order chi connectivity index (χ0) is 29.7. The minimum atomic E-state index is -2.68. The molecule has 3 N–H and O–H groups in total. The van der Waals surface area contributed by atoms with Crippen molar-refractivity contribution < 1.29 is 27.8 Å². The van der Waals surface area contributed by atoms with E-state index in [1.807, 2.05) is 13.8 Å². The van der Waals surface area contributed by atoms with Gasteiger partial charge in [0.15, 0.2) is 0 Å². The molecule has 0 aromatic carbocycles. The van der Waals surface area contributed by atoms with Gasteiger partial charge in [-0.05, 0) is 31.9 Å². The number of carbonyl (C=O) groups is 2. The van der Waals surface area contributed by atoms with Crippen molar-refractivity contribution in [2.24, 2.45) is 5.92 Å². The Hall–Kier alpha value is -3.18. The van der Waals surface area contributed by atoms with Gasteiger partial charge in [-0.1, -0.05) is 37.5 Å². The first-order chi connectivity index (χ1) is 19.7. The predicted molar refractivity (Wildman–Crippen MR) is 153 cm³/mol. The zero-order valence-electron chi connectivity index (χ0n) is 23.7. The maximum absolute atomic E-state index is 13.9. The second-order valence-corrected chi connectivity index (χ2v) is 10.8. The number of likely N-dealkylation sites (N-methyl/N-ethyl adjacent to an activating group) is 1. The van der Waals surface area contributed by atoms with Gasteiger partial charge in [-0.25, -0.2) is 24.6 Å². The van der Waals surface area contributed by atoms with Crippen LogP contribution in [-0.2, 0) is 14.3 Å². The Labute approximate surface area is 243 Å². The van der Waals surface area contributed by atoms with E-state index in [0.717, 1.165) is 12.8 Å². The van der Waals surface area contributed by atoms with Gasteiger partial charge < -0.3 is 19.7 Å². The zero-order valence-corrected chi connectivity index (χ0v) is 24.6. The topological polar surface area (TPSA) is 108 Å². The molecule has 1 aromatic rings. The smallest absolute Gasteiger partial charge is 0.262 e. The van der Waals surface area contributed by atoms with E-state index in [9.17, 15) is 18.4 Å². The van der Waals surface area contributed by atoms with E-state index in [-0.39, 0.29) is 29.2 Å². The van der Waals surface area contributed by atoms with Crippen LogP contribution in [0.4, 0.5) is 14.6 Å². The number of thioether (sulfide) groups is 1. The van der Waals surface area contributed by atoms with Gasteiger partial charge in [-0.2, -0.15) is 0 Å². The highest BCUT2D eigenvalue weighted by molar-refractivity contribution is 8.00. The van der Waals surface area contributed by atoms with Crippen molar-refractivity contribution in [2.75, 3.05) is 32.2 Å². The fraction of sp³-hybridized carbons (Fsp3) is 0.536. The third-order valence-corrected chi connectivity index (χ3v) is 7.76. The van der Waals surface area contributed by atoms with Crippen LogP contribution in [0.25, 0.3) is 5.57 Å². The van der Waals surface area contributed by atoms with E-state index in [0.29, 0.717) is 29.4 Å². The second kappa shape index (κ2) is 13.7. The molecule has 1 aliphatic carbocycles. The summed E-state index contributed by atoms with van der Waals surface area (Å²) in [6.45, 7) is 6.24. The number of ether oxygens (including phenoxy) is 2. The summed E-state index contributed by atoms with van der Waals surface area (Å²) in [5, 5.41) is 2.71. The summed E-state index contributed by atoms with van der Waals surface area (Å²) in [6.07, 6.45) is 3.10. The molecule has 3 aliphatic heterocycles. The largest absolute Gasteiger partial charge is 0.495 e. The number of aromatic nitrogens is 1. The van der Waals surface area contributed by atoms with Crippen molar-refractivity contribution in [3.05, 3.63) is 41.4 Å². The van der Waals surface area contributed by atoms with Crippen molar-refractivity contribution in [1.82, 2.24) is 26.1 Å². The first-order valence-corrected chi connectivity index (χ1v) is 14.6. The summed E-state index contributed by atoms with van der Waals surface area (Å²) in [5.41, 5.74) is 6.34. The average molecular weight is 591 g/mol. The normalized spacial score (nSPS) is 25.9. The molecule has 0 bridgehead atoms. The number of methoxy groups -OCH3 is 1. The number of nitrogens with one attached hydrogen (secondary N) is 3. The number of nitrogens with zero attached hydrogens (tertiary/aromatic N) is 3. The van der Waals surface area contributed by atoms with Gasteiger partial charge in [0.2, 0.25) is 0 Å². The summed E-state index contributed by atoms with van der Waals surface area (Å²) >= 11 is 1.41. The Morgan fingerprint density at radius 3 is 2.73 bits per heavy atom. The molecule has 1 saturated carbocycles. The van der Waals surface area contributed by atoms with Gasteiger partial charge in [0.25, 0.3) is 18.2 Å².